The van der Waals surface area contributed by atoms with Gasteiger partial charge >= 0.3 is 0 Å². The molecule has 5 heteroatoms. The summed E-state index contributed by atoms with van der Waals surface area (Å²) in [5.74, 6) is -1.21. The van der Waals surface area contributed by atoms with E-state index in [4.69, 9.17) is 28.0 Å². The first-order chi connectivity index (χ1) is 5.63. The number of oxime groups is 1. The minimum absolute atomic E-state index is 0.0995. The van der Waals surface area contributed by atoms with E-state index in [2.05, 4.69) is 5.16 Å². The fourth-order valence-corrected chi connectivity index (χ4v) is 2.22. The minimum atomic E-state index is -1.11. The van der Waals surface area contributed by atoms with Crippen molar-refractivity contribution in [3.63, 3.8) is 0 Å². The molecule has 0 saturated heterocycles. The maximum atomic E-state index is 9.80. The summed E-state index contributed by atoms with van der Waals surface area (Å²) >= 11 is 11.3. The predicted molar refractivity (Wildman–Crippen MR) is 46.3 cm³/mol. The standard InChI is InChI=1S/C7H9Cl2NO2/c8-6(9)5-4-2-1-3-7(4,11)12-10-5/h4,6,11H,1-3H2. The quantitative estimate of drug-likeness (QED) is 0.668. The van der Waals surface area contributed by atoms with Crippen LogP contribution in [-0.2, 0) is 4.84 Å². The van der Waals surface area contributed by atoms with Gasteiger partial charge < -0.3 is 9.94 Å². The van der Waals surface area contributed by atoms with Crippen LogP contribution in [-0.4, -0.2) is 21.4 Å². The summed E-state index contributed by atoms with van der Waals surface area (Å²) in [5, 5.41) is 13.5. The molecule has 2 unspecified atom stereocenters. The van der Waals surface area contributed by atoms with Gasteiger partial charge in [-0.25, -0.2) is 0 Å². The van der Waals surface area contributed by atoms with Crippen molar-refractivity contribution in [3.05, 3.63) is 0 Å². The van der Waals surface area contributed by atoms with Crippen LogP contribution in [0.25, 0.3) is 0 Å². The lowest BCUT2D eigenvalue weighted by Gasteiger charge is -2.19. The van der Waals surface area contributed by atoms with Gasteiger partial charge in [0.15, 0.2) is 0 Å². The van der Waals surface area contributed by atoms with E-state index in [9.17, 15) is 5.11 Å². The lowest BCUT2D eigenvalue weighted by atomic mass is 9.99. The van der Waals surface area contributed by atoms with Crippen molar-refractivity contribution in [3.8, 4) is 0 Å². The first kappa shape index (κ1) is 8.60. The number of alkyl halides is 2. The highest BCUT2D eigenvalue weighted by Gasteiger charge is 2.52. The lowest BCUT2D eigenvalue weighted by molar-refractivity contribution is -0.196. The van der Waals surface area contributed by atoms with Crippen LogP contribution >= 0.6 is 23.2 Å². The Morgan fingerprint density at radius 2 is 2.42 bits per heavy atom. The Hall–Kier alpha value is 0.01000. The second-order valence-corrected chi connectivity index (χ2v) is 4.29. The van der Waals surface area contributed by atoms with Crippen molar-refractivity contribution in [1.82, 2.24) is 0 Å². The zero-order valence-corrected chi connectivity index (χ0v) is 7.85. The number of fused-ring (bicyclic) bond motifs is 1. The summed E-state index contributed by atoms with van der Waals surface area (Å²) in [7, 11) is 0. The molecule has 68 valence electrons. The zero-order chi connectivity index (χ0) is 8.77. The van der Waals surface area contributed by atoms with Gasteiger partial charge in [-0.15, -0.1) is 0 Å². The highest BCUT2D eigenvalue weighted by atomic mass is 35.5. The van der Waals surface area contributed by atoms with Gasteiger partial charge in [-0.2, -0.15) is 0 Å². The van der Waals surface area contributed by atoms with Gasteiger partial charge in [0, 0.05) is 6.42 Å². The van der Waals surface area contributed by atoms with Crippen molar-refractivity contribution in [2.45, 2.75) is 29.9 Å². The Morgan fingerprint density at radius 1 is 1.67 bits per heavy atom. The fourth-order valence-electron chi connectivity index (χ4n) is 1.83. The molecular formula is C7H9Cl2NO2. The molecule has 1 fully saturated rings. The van der Waals surface area contributed by atoms with Crippen LogP contribution in [0, 0.1) is 5.92 Å². The molecule has 12 heavy (non-hydrogen) atoms. The smallest absolute Gasteiger partial charge is 0.242 e. The molecule has 0 amide bonds. The molecule has 0 spiro atoms. The highest BCUT2D eigenvalue weighted by molar-refractivity contribution is 6.54. The van der Waals surface area contributed by atoms with Crippen LogP contribution in [0.5, 0.6) is 0 Å². The molecule has 0 radical (unpaired) electrons. The molecule has 1 N–H and O–H groups in total. The fraction of sp³-hybridized carbons (Fsp3) is 0.857. The number of hydrogen-bond donors (Lipinski definition) is 1. The van der Waals surface area contributed by atoms with Crippen LogP contribution in [0.4, 0.5) is 0 Å². The highest BCUT2D eigenvalue weighted by Crippen LogP contribution is 2.43. The predicted octanol–water partition coefficient (Wildman–Crippen LogP) is 1.67. The van der Waals surface area contributed by atoms with E-state index < -0.39 is 10.6 Å². The van der Waals surface area contributed by atoms with E-state index in [0.717, 1.165) is 12.8 Å². The third-order valence-corrected chi connectivity index (χ3v) is 2.91. The van der Waals surface area contributed by atoms with Crippen molar-refractivity contribution in [1.29, 1.82) is 0 Å². The molecule has 0 aromatic heterocycles. The molecule has 3 nitrogen and oxygen atoms in total. The molecular weight excluding hydrogens is 201 g/mol. The molecule has 0 aromatic carbocycles. The molecule has 2 aliphatic rings. The van der Waals surface area contributed by atoms with E-state index >= 15 is 0 Å². The lowest BCUT2D eigenvalue weighted by Crippen LogP contribution is -2.35. The Labute approximate surface area is 80.3 Å². The Kier molecular flexibility index (Phi) is 1.97. The van der Waals surface area contributed by atoms with Crippen molar-refractivity contribution >= 4 is 28.9 Å². The average Bonchev–Trinajstić information content (AvgIpc) is 2.43. The molecule has 0 aromatic rings. The zero-order valence-electron chi connectivity index (χ0n) is 6.33. The Morgan fingerprint density at radius 3 is 3.08 bits per heavy atom. The van der Waals surface area contributed by atoms with Gasteiger partial charge in [-0.1, -0.05) is 28.4 Å². The average molecular weight is 210 g/mol. The van der Waals surface area contributed by atoms with Gasteiger partial charge in [0.05, 0.1) is 11.6 Å². The first-order valence-electron chi connectivity index (χ1n) is 3.90. The SMILES string of the molecule is OC12CCCC1C(C(Cl)Cl)=NO2. The van der Waals surface area contributed by atoms with Gasteiger partial charge in [-0.3, -0.25) is 0 Å². The van der Waals surface area contributed by atoms with Gasteiger partial charge in [0.25, 0.3) is 0 Å². The van der Waals surface area contributed by atoms with Gasteiger partial charge in [0.1, 0.15) is 4.84 Å². The minimum Gasteiger partial charge on any atom is -0.360 e. The third kappa shape index (κ3) is 1.11. The molecule has 1 aliphatic heterocycles. The monoisotopic (exact) mass is 209 g/mol. The van der Waals surface area contributed by atoms with E-state index in [-0.39, 0.29) is 5.92 Å². The number of rotatable bonds is 1. The molecule has 1 heterocycles. The number of halogens is 2. The third-order valence-electron chi connectivity index (χ3n) is 2.46. The van der Waals surface area contributed by atoms with Crippen molar-refractivity contribution in [2.24, 2.45) is 11.1 Å². The van der Waals surface area contributed by atoms with Crippen LogP contribution in [0.3, 0.4) is 0 Å². The van der Waals surface area contributed by atoms with Crippen molar-refractivity contribution < 1.29 is 9.94 Å². The van der Waals surface area contributed by atoms with Gasteiger partial charge in [0.2, 0.25) is 5.79 Å². The normalized spacial score (nSPS) is 39.7. The molecule has 2 rings (SSSR count). The maximum absolute atomic E-state index is 9.80. The van der Waals surface area contributed by atoms with E-state index in [1.165, 1.54) is 0 Å². The van der Waals surface area contributed by atoms with E-state index in [1.807, 2.05) is 0 Å². The maximum Gasteiger partial charge on any atom is 0.242 e. The van der Waals surface area contributed by atoms with Gasteiger partial charge in [-0.05, 0) is 12.8 Å². The molecule has 1 aliphatic carbocycles. The van der Waals surface area contributed by atoms with Crippen LogP contribution in [0.1, 0.15) is 19.3 Å². The number of aliphatic hydroxyl groups is 1. The summed E-state index contributed by atoms with van der Waals surface area (Å²) in [6, 6.07) is 0. The summed E-state index contributed by atoms with van der Waals surface area (Å²) in [6.45, 7) is 0. The Balaban J connectivity index is 2.21. The molecule has 2 atom stereocenters. The molecule has 0 bridgehead atoms. The first-order valence-corrected chi connectivity index (χ1v) is 4.77. The summed E-state index contributed by atoms with van der Waals surface area (Å²) < 4.78 is 0. The topological polar surface area (TPSA) is 41.8 Å². The van der Waals surface area contributed by atoms with Crippen LogP contribution in [0.2, 0.25) is 0 Å². The largest absolute Gasteiger partial charge is 0.360 e. The summed E-state index contributed by atoms with van der Waals surface area (Å²) in [5.41, 5.74) is 0.568. The summed E-state index contributed by atoms with van der Waals surface area (Å²) in [6.07, 6.45) is 2.40. The van der Waals surface area contributed by atoms with Crippen LogP contribution in [0.15, 0.2) is 5.16 Å². The second kappa shape index (κ2) is 2.76. The van der Waals surface area contributed by atoms with Crippen LogP contribution < -0.4 is 0 Å². The number of nitrogens with zero attached hydrogens (tertiary/aromatic N) is 1. The second-order valence-electron chi connectivity index (χ2n) is 3.20. The Bertz CT molecular complexity index is 231. The molecule has 1 saturated carbocycles. The summed E-state index contributed by atoms with van der Waals surface area (Å²) in [4.78, 5) is 4.25. The van der Waals surface area contributed by atoms with E-state index in [1.54, 1.807) is 0 Å². The van der Waals surface area contributed by atoms with Crippen molar-refractivity contribution in [2.75, 3.05) is 0 Å². The number of hydrogen-bond acceptors (Lipinski definition) is 3. The van der Waals surface area contributed by atoms with E-state index in [0.29, 0.717) is 12.1 Å².